The molecule has 2 fully saturated rings. The molecule has 0 spiro atoms. The Morgan fingerprint density at radius 3 is 2.75 bits per heavy atom. The lowest BCUT2D eigenvalue weighted by Crippen LogP contribution is -2.51. The lowest BCUT2D eigenvalue weighted by atomic mass is 9.82. The fourth-order valence-corrected chi connectivity index (χ4v) is 4.72. The van der Waals surface area contributed by atoms with E-state index >= 15 is 0 Å². The number of nitrogens with zero attached hydrogens (tertiary/aromatic N) is 2. The molecule has 0 aliphatic carbocycles. The number of carbonyl (C=O) groups excluding carboxylic acids is 2. The van der Waals surface area contributed by atoms with Crippen LogP contribution in [0.25, 0.3) is 0 Å². The number of amides is 2. The van der Waals surface area contributed by atoms with Crippen LogP contribution in [0.5, 0.6) is 5.75 Å². The summed E-state index contributed by atoms with van der Waals surface area (Å²) in [4.78, 5) is 30.4. The van der Waals surface area contributed by atoms with Crippen LogP contribution in [0.2, 0.25) is 0 Å². The molecule has 2 heterocycles. The van der Waals surface area contributed by atoms with Gasteiger partial charge in [0, 0.05) is 31.6 Å². The highest BCUT2D eigenvalue weighted by molar-refractivity contribution is 5.85. The molecule has 0 N–H and O–H groups in total. The third kappa shape index (κ3) is 4.34. The van der Waals surface area contributed by atoms with E-state index in [0.29, 0.717) is 25.3 Å². The zero-order chi connectivity index (χ0) is 20.1. The summed E-state index contributed by atoms with van der Waals surface area (Å²) in [5, 5.41) is 0. The third-order valence-electron chi connectivity index (χ3n) is 6.20. The second-order valence-electron chi connectivity index (χ2n) is 8.30. The van der Waals surface area contributed by atoms with E-state index in [4.69, 9.17) is 4.74 Å². The van der Waals surface area contributed by atoms with Gasteiger partial charge in [-0.1, -0.05) is 38.5 Å². The summed E-state index contributed by atoms with van der Waals surface area (Å²) in [5.74, 6) is 1.46. The Labute approximate surface area is 169 Å². The van der Waals surface area contributed by atoms with Crippen LogP contribution in [0.4, 0.5) is 0 Å². The Kier molecular flexibility index (Phi) is 6.97. The first-order valence-corrected chi connectivity index (χ1v) is 10.8. The lowest BCUT2D eigenvalue weighted by Gasteiger charge is -2.44. The summed E-state index contributed by atoms with van der Waals surface area (Å²) in [6.45, 7) is 6.70. The summed E-state index contributed by atoms with van der Waals surface area (Å²) in [7, 11) is 1.66. The largest absolute Gasteiger partial charge is 0.496 e. The number of likely N-dealkylation sites (tertiary alicyclic amines) is 2. The summed E-state index contributed by atoms with van der Waals surface area (Å²) in [5.41, 5.74) is 0.956. The van der Waals surface area contributed by atoms with E-state index in [1.807, 2.05) is 34.1 Å². The van der Waals surface area contributed by atoms with E-state index in [1.54, 1.807) is 7.11 Å². The molecule has 0 radical (unpaired) electrons. The zero-order valence-electron chi connectivity index (χ0n) is 17.5. The average Bonchev–Trinajstić information content (AvgIpc) is 2.72. The molecule has 2 aliphatic heterocycles. The molecule has 3 atom stereocenters. The van der Waals surface area contributed by atoms with Gasteiger partial charge in [0.25, 0.3) is 0 Å². The van der Waals surface area contributed by atoms with Crippen molar-refractivity contribution in [2.45, 2.75) is 58.4 Å². The number of benzene rings is 1. The number of rotatable bonds is 6. The maximum atomic E-state index is 13.6. The molecule has 154 valence electrons. The van der Waals surface area contributed by atoms with Crippen molar-refractivity contribution in [3.8, 4) is 5.75 Å². The molecule has 1 aromatic carbocycles. The second kappa shape index (κ2) is 9.44. The highest BCUT2D eigenvalue weighted by Crippen LogP contribution is 2.42. The number of hydrogen-bond donors (Lipinski definition) is 0. The molecule has 5 nitrogen and oxygen atoms in total. The number of unbranched alkanes of at least 4 members (excludes halogenated alkanes) is 1. The van der Waals surface area contributed by atoms with Gasteiger partial charge in [-0.2, -0.15) is 0 Å². The quantitative estimate of drug-likeness (QED) is 0.742. The maximum Gasteiger partial charge on any atom is 0.228 e. The van der Waals surface area contributed by atoms with E-state index in [1.165, 1.54) is 6.42 Å². The number of ether oxygens (including phenoxy) is 1. The molecule has 2 saturated heterocycles. The van der Waals surface area contributed by atoms with Crippen molar-refractivity contribution in [1.29, 1.82) is 0 Å². The predicted molar refractivity (Wildman–Crippen MR) is 110 cm³/mol. The van der Waals surface area contributed by atoms with Crippen molar-refractivity contribution in [3.05, 3.63) is 29.8 Å². The van der Waals surface area contributed by atoms with E-state index in [9.17, 15) is 9.59 Å². The van der Waals surface area contributed by atoms with E-state index in [-0.39, 0.29) is 23.8 Å². The molecule has 28 heavy (non-hydrogen) atoms. The Morgan fingerprint density at radius 2 is 2.04 bits per heavy atom. The summed E-state index contributed by atoms with van der Waals surface area (Å²) in [6, 6.07) is 7.61. The van der Waals surface area contributed by atoms with Crippen molar-refractivity contribution in [2.24, 2.45) is 11.8 Å². The monoisotopic (exact) mass is 386 g/mol. The first-order chi connectivity index (χ1) is 13.6. The van der Waals surface area contributed by atoms with Crippen molar-refractivity contribution < 1.29 is 14.3 Å². The van der Waals surface area contributed by atoms with E-state index < -0.39 is 0 Å². The van der Waals surface area contributed by atoms with Crippen LogP contribution in [0.1, 0.15) is 64.0 Å². The minimum Gasteiger partial charge on any atom is -0.496 e. The number of para-hydroxylation sites is 1. The van der Waals surface area contributed by atoms with Crippen LogP contribution in [-0.4, -0.2) is 48.4 Å². The third-order valence-corrected chi connectivity index (χ3v) is 6.20. The lowest BCUT2D eigenvalue weighted by molar-refractivity contribution is -0.149. The Hall–Kier alpha value is -2.04. The maximum absolute atomic E-state index is 13.6. The number of hydrogen-bond acceptors (Lipinski definition) is 3. The minimum atomic E-state index is -0.242. The van der Waals surface area contributed by atoms with Crippen LogP contribution >= 0.6 is 0 Å². The SMILES string of the molecule is CCCCN1C(=O)CCC(C(=O)N2CCCC(C)C2)C1c1ccccc1OC. The highest BCUT2D eigenvalue weighted by Gasteiger charge is 2.43. The summed E-state index contributed by atoms with van der Waals surface area (Å²) >= 11 is 0. The number of piperidine rings is 2. The van der Waals surface area contributed by atoms with Gasteiger partial charge in [0.1, 0.15) is 5.75 Å². The van der Waals surface area contributed by atoms with Crippen molar-refractivity contribution in [3.63, 3.8) is 0 Å². The molecule has 2 amide bonds. The van der Waals surface area contributed by atoms with Gasteiger partial charge in [-0.25, -0.2) is 0 Å². The van der Waals surface area contributed by atoms with Gasteiger partial charge >= 0.3 is 0 Å². The Balaban J connectivity index is 1.96. The Bertz CT molecular complexity index is 690. The molecule has 0 bridgehead atoms. The Morgan fingerprint density at radius 1 is 1.25 bits per heavy atom. The number of carbonyl (C=O) groups is 2. The molecule has 2 aliphatic rings. The average molecular weight is 387 g/mol. The number of methoxy groups -OCH3 is 1. The molecular weight excluding hydrogens is 352 g/mol. The van der Waals surface area contributed by atoms with E-state index in [2.05, 4.69) is 13.8 Å². The van der Waals surface area contributed by atoms with Crippen molar-refractivity contribution in [2.75, 3.05) is 26.7 Å². The standard InChI is InChI=1S/C23H34N2O3/c1-4-5-15-25-21(26)13-12-19(23(27)24-14-8-9-17(2)16-24)22(25)18-10-6-7-11-20(18)28-3/h6-7,10-11,17,19,22H,4-5,8-9,12-16H2,1-3H3. The minimum absolute atomic E-state index is 0.153. The van der Waals surface area contributed by atoms with Crippen molar-refractivity contribution >= 4 is 11.8 Å². The fraction of sp³-hybridized carbons (Fsp3) is 0.652. The van der Waals surface area contributed by atoms with Crippen molar-refractivity contribution in [1.82, 2.24) is 9.80 Å². The van der Waals surface area contributed by atoms with Crippen LogP contribution in [0.3, 0.4) is 0 Å². The molecule has 3 unspecified atom stereocenters. The van der Waals surface area contributed by atoms with Gasteiger partial charge in [0.2, 0.25) is 11.8 Å². The van der Waals surface area contributed by atoms with Gasteiger partial charge in [0.05, 0.1) is 19.1 Å². The van der Waals surface area contributed by atoms with Crippen LogP contribution < -0.4 is 4.74 Å². The topological polar surface area (TPSA) is 49.9 Å². The molecule has 3 rings (SSSR count). The van der Waals surface area contributed by atoms with Crippen LogP contribution in [-0.2, 0) is 9.59 Å². The van der Waals surface area contributed by atoms with Gasteiger partial charge in [0.15, 0.2) is 0 Å². The molecular formula is C23H34N2O3. The molecule has 0 aromatic heterocycles. The van der Waals surface area contributed by atoms with Crippen LogP contribution in [0, 0.1) is 11.8 Å². The summed E-state index contributed by atoms with van der Waals surface area (Å²) < 4.78 is 5.61. The fourth-order valence-electron chi connectivity index (χ4n) is 4.72. The first-order valence-electron chi connectivity index (χ1n) is 10.8. The van der Waals surface area contributed by atoms with Gasteiger partial charge < -0.3 is 14.5 Å². The van der Waals surface area contributed by atoms with Gasteiger partial charge in [-0.15, -0.1) is 0 Å². The van der Waals surface area contributed by atoms with E-state index in [0.717, 1.165) is 43.7 Å². The van der Waals surface area contributed by atoms with Crippen LogP contribution in [0.15, 0.2) is 24.3 Å². The zero-order valence-corrected chi connectivity index (χ0v) is 17.5. The first kappa shape index (κ1) is 20.7. The molecule has 0 saturated carbocycles. The molecule has 5 heteroatoms. The summed E-state index contributed by atoms with van der Waals surface area (Å²) in [6.07, 6.45) is 5.29. The predicted octanol–water partition coefficient (Wildman–Crippen LogP) is 4.03. The van der Waals surface area contributed by atoms with Gasteiger partial charge in [-0.3, -0.25) is 9.59 Å². The molecule has 1 aromatic rings. The smallest absolute Gasteiger partial charge is 0.228 e. The second-order valence-corrected chi connectivity index (χ2v) is 8.30. The normalized spacial score (nSPS) is 25.7. The highest BCUT2D eigenvalue weighted by atomic mass is 16.5. The van der Waals surface area contributed by atoms with Gasteiger partial charge in [-0.05, 0) is 37.7 Å².